The SMILES string of the molecule is COc1cc(C#N)ccc1Oc1ccc(C(C)N)c(Cl)c1. The molecule has 1 atom stereocenters. The van der Waals surface area contributed by atoms with Gasteiger partial charge >= 0.3 is 0 Å². The van der Waals surface area contributed by atoms with Crippen molar-refractivity contribution in [1.29, 1.82) is 5.26 Å². The topological polar surface area (TPSA) is 68.3 Å². The van der Waals surface area contributed by atoms with E-state index in [0.29, 0.717) is 27.8 Å². The first kappa shape index (κ1) is 15.2. The third-order valence-corrected chi connectivity index (χ3v) is 3.31. The molecule has 0 radical (unpaired) electrons. The maximum Gasteiger partial charge on any atom is 0.169 e. The molecule has 108 valence electrons. The molecule has 0 saturated carbocycles. The van der Waals surface area contributed by atoms with E-state index < -0.39 is 0 Å². The Hall–Kier alpha value is -2.22. The molecule has 0 aliphatic carbocycles. The molecule has 0 fully saturated rings. The maximum absolute atomic E-state index is 8.88. The number of nitrogens with zero attached hydrogens (tertiary/aromatic N) is 1. The van der Waals surface area contributed by atoms with Crippen LogP contribution >= 0.6 is 11.6 Å². The van der Waals surface area contributed by atoms with Gasteiger partial charge in [0.25, 0.3) is 0 Å². The van der Waals surface area contributed by atoms with E-state index in [1.54, 1.807) is 30.3 Å². The molecule has 4 nitrogen and oxygen atoms in total. The fourth-order valence-corrected chi connectivity index (χ4v) is 2.23. The summed E-state index contributed by atoms with van der Waals surface area (Å²) in [4.78, 5) is 0. The number of hydrogen-bond donors (Lipinski definition) is 1. The molecule has 0 amide bonds. The monoisotopic (exact) mass is 302 g/mol. The van der Waals surface area contributed by atoms with E-state index in [4.69, 9.17) is 32.1 Å². The zero-order valence-corrected chi connectivity index (χ0v) is 12.5. The van der Waals surface area contributed by atoms with Gasteiger partial charge in [-0.1, -0.05) is 17.7 Å². The van der Waals surface area contributed by atoms with Crippen molar-refractivity contribution in [3.63, 3.8) is 0 Å². The number of hydrogen-bond acceptors (Lipinski definition) is 4. The van der Waals surface area contributed by atoms with Gasteiger partial charge in [-0.05, 0) is 36.8 Å². The van der Waals surface area contributed by atoms with Gasteiger partial charge in [-0.25, -0.2) is 0 Å². The van der Waals surface area contributed by atoms with Crippen molar-refractivity contribution in [1.82, 2.24) is 0 Å². The van der Waals surface area contributed by atoms with Gasteiger partial charge < -0.3 is 15.2 Å². The Balaban J connectivity index is 2.30. The fraction of sp³-hybridized carbons (Fsp3) is 0.188. The van der Waals surface area contributed by atoms with E-state index in [1.165, 1.54) is 7.11 Å². The quantitative estimate of drug-likeness (QED) is 0.925. The number of nitriles is 1. The summed E-state index contributed by atoms with van der Waals surface area (Å²) in [5, 5.41) is 9.43. The first-order valence-electron chi connectivity index (χ1n) is 6.36. The van der Waals surface area contributed by atoms with Gasteiger partial charge in [-0.15, -0.1) is 0 Å². The predicted octanol–water partition coefficient (Wildman–Crippen LogP) is 4.03. The number of halogens is 1. The van der Waals surface area contributed by atoms with Gasteiger partial charge in [0.05, 0.1) is 18.7 Å². The van der Waals surface area contributed by atoms with Crippen LogP contribution in [0.15, 0.2) is 36.4 Å². The molecule has 0 heterocycles. The standard InChI is InChI=1S/C16H15ClN2O2/c1-10(19)13-5-4-12(8-14(13)17)21-15-6-3-11(9-18)7-16(15)20-2/h3-8,10H,19H2,1-2H3. The van der Waals surface area contributed by atoms with Crippen LogP contribution in [-0.2, 0) is 0 Å². The van der Waals surface area contributed by atoms with E-state index >= 15 is 0 Å². The normalized spacial score (nSPS) is 11.6. The highest BCUT2D eigenvalue weighted by Gasteiger charge is 2.10. The summed E-state index contributed by atoms with van der Waals surface area (Å²) in [6.07, 6.45) is 0. The smallest absolute Gasteiger partial charge is 0.169 e. The highest BCUT2D eigenvalue weighted by molar-refractivity contribution is 6.31. The summed E-state index contributed by atoms with van der Waals surface area (Å²) < 4.78 is 11.0. The van der Waals surface area contributed by atoms with Crippen LogP contribution in [0.25, 0.3) is 0 Å². The van der Waals surface area contributed by atoms with Crippen LogP contribution in [0.4, 0.5) is 0 Å². The van der Waals surface area contributed by atoms with Crippen molar-refractivity contribution >= 4 is 11.6 Å². The number of ether oxygens (including phenoxy) is 2. The van der Waals surface area contributed by atoms with Crippen molar-refractivity contribution < 1.29 is 9.47 Å². The average molecular weight is 303 g/mol. The van der Waals surface area contributed by atoms with Gasteiger partial charge in [-0.3, -0.25) is 0 Å². The molecule has 0 bridgehead atoms. The Morgan fingerprint density at radius 2 is 1.95 bits per heavy atom. The lowest BCUT2D eigenvalue weighted by Gasteiger charge is -2.13. The van der Waals surface area contributed by atoms with Crippen molar-refractivity contribution in [3.8, 4) is 23.3 Å². The van der Waals surface area contributed by atoms with Crippen LogP contribution in [0.5, 0.6) is 17.2 Å². The second-order valence-corrected chi connectivity index (χ2v) is 4.96. The van der Waals surface area contributed by atoms with Crippen LogP contribution < -0.4 is 15.2 Å². The van der Waals surface area contributed by atoms with Crippen LogP contribution in [0, 0.1) is 11.3 Å². The summed E-state index contributed by atoms with van der Waals surface area (Å²) in [6, 6.07) is 12.2. The van der Waals surface area contributed by atoms with Gasteiger partial charge in [0, 0.05) is 17.1 Å². The van der Waals surface area contributed by atoms with E-state index in [9.17, 15) is 0 Å². The summed E-state index contributed by atoms with van der Waals surface area (Å²) in [5.41, 5.74) is 7.18. The Morgan fingerprint density at radius 3 is 2.52 bits per heavy atom. The zero-order valence-electron chi connectivity index (χ0n) is 11.8. The first-order chi connectivity index (χ1) is 10.0. The summed E-state index contributed by atoms with van der Waals surface area (Å²) in [7, 11) is 1.52. The lowest BCUT2D eigenvalue weighted by atomic mass is 10.1. The van der Waals surface area contributed by atoms with Crippen LogP contribution in [0.2, 0.25) is 5.02 Å². The minimum absolute atomic E-state index is 0.143. The highest BCUT2D eigenvalue weighted by Crippen LogP contribution is 2.34. The van der Waals surface area contributed by atoms with Crippen LogP contribution in [-0.4, -0.2) is 7.11 Å². The van der Waals surface area contributed by atoms with Crippen molar-refractivity contribution in [2.24, 2.45) is 5.73 Å². The summed E-state index contributed by atoms with van der Waals surface area (Å²) >= 11 is 6.18. The molecule has 21 heavy (non-hydrogen) atoms. The lowest BCUT2D eigenvalue weighted by molar-refractivity contribution is 0.378. The molecule has 0 saturated heterocycles. The molecule has 5 heteroatoms. The van der Waals surface area contributed by atoms with Gasteiger partial charge in [0.2, 0.25) is 0 Å². The molecule has 1 unspecified atom stereocenters. The molecule has 0 spiro atoms. The van der Waals surface area contributed by atoms with Crippen molar-refractivity contribution in [3.05, 3.63) is 52.5 Å². The second-order valence-electron chi connectivity index (χ2n) is 4.55. The Labute approximate surface area is 128 Å². The average Bonchev–Trinajstić information content (AvgIpc) is 2.47. The van der Waals surface area contributed by atoms with Crippen molar-refractivity contribution in [2.75, 3.05) is 7.11 Å². The summed E-state index contributed by atoms with van der Waals surface area (Å²) in [5.74, 6) is 1.58. The third-order valence-electron chi connectivity index (χ3n) is 2.98. The Bertz CT molecular complexity index is 693. The van der Waals surface area contributed by atoms with E-state index in [0.717, 1.165) is 5.56 Å². The van der Waals surface area contributed by atoms with Gasteiger partial charge in [0.15, 0.2) is 11.5 Å². The van der Waals surface area contributed by atoms with E-state index in [1.807, 2.05) is 13.0 Å². The molecule has 0 aliphatic heterocycles. The minimum atomic E-state index is -0.143. The predicted molar refractivity (Wildman–Crippen MR) is 81.8 cm³/mol. The molecule has 2 rings (SSSR count). The molecule has 2 aromatic rings. The third kappa shape index (κ3) is 3.46. The zero-order chi connectivity index (χ0) is 15.4. The number of benzene rings is 2. The number of methoxy groups -OCH3 is 1. The molecule has 0 aromatic heterocycles. The van der Waals surface area contributed by atoms with Crippen LogP contribution in [0.1, 0.15) is 24.1 Å². The summed E-state index contributed by atoms with van der Waals surface area (Å²) in [6.45, 7) is 1.87. The van der Waals surface area contributed by atoms with Gasteiger partial charge in [0.1, 0.15) is 5.75 Å². The molecule has 0 aliphatic rings. The highest BCUT2D eigenvalue weighted by atomic mass is 35.5. The number of nitrogens with two attached hydrogens (primary N) is 1. The van der Waals surface area contributed by atoms with Crippen LogP contribution in [0.3, 0.4) is 0 Å². The van der Waals surface area contributed by atoms with E-state index in [2.05, 4.69) is 6.07 Å². The Morgan fingerprint density at radius 1 is 1.19 bits per heavy atom. The molecule has 2 aromatic carbocycles. The fourth-order valence-electron chi connectivity index (χ4n) is 1.89. The van der Waals surface area contributed by atoms with Crippen molar-refractivity contribution in [2.45, 2.75) is 13.0 Å². The number of rotatable bonds is 4. The largest absolute Gasteiger partial charge is 0.493 e. The van der Waals surface area contributed by atoms with E-state index in [-0.39, 0.29) is 6.04 Å². The second kappa shape index (κ2) is 6.49. The van der Waals surface area contributed by atoms with Gasteiger partial charge in [-0.2, -0.15) is 5.26 Å². The first-order valence-corrected chi connectivity index (χ1v) is 6.74. The minimum Gasteiger partial charge on any atom is -0.493 e. The maximum atomic E-state index is 8.88. The Kier molecular flexibility index (Phi) is 4.69. The molecule has 2 N–H and O–H groups in total. The molecular weight excluding hydrogens is 288 g/mol. The lowest BCUT2D eigenvalue weighted by Crippen LogP contribution is -2.05. The molecular formula is C16H15ClN2O2.